The van der Waals surface area contributed by atoms with Gasteiger partial charge in [-0.2, -0.15) is 0 Å². The van der Waals surface area contributed by atoms with Crippen LogP contribution in [0.5, 0.6) is 0 Å². The molecule has 0 aliphatic carbocycles. The summed E-state index contributed by atoms with van der Waals surface area (Å²) < 4.78 is 32.7. The van der Waals surface area contributed by atoms with Crippen LogP contribution in [0.3, 0.4) is 0 Å². The average Bonchev–Trinajstić information content (AvgIpc) is 2.36. The van der Waals surface area contributed by atoms with Gasteiger partial charge in [0.15, 0.2) is 4.90 Å². The number of halogens is 1. The number of nitro benzene ring substituents is 1. The fraction of sp³-hybridized carbons (Fsp3) is 0.500. The molecule has 0 bridgehead atoms. The Bertz CT molecular complexity index is 631. The number of rotatable bonds is 7. The van der Waals surface area contributed by atoms with E-state index >= 15 is 0 Å². The molecule has 0 atom stereocenters. The molecular formula is C12H17BrN2O5S. The maximum Gasteiger partial charge on any atom is 0.289 e. The second-order valence-corrected chi connectivity index (χ2v) is 7.54. The average molecular weight is 381 g/mol. The van der Waals surface area contributed by atoms with Gasteiger partial charge in [0.05, 0.1) is 10.5 Å². The molecular weight excluding hydrogens is 364 g/mol. The van der Waals surface area contributed by atoms with E-state index < -0.39 is 26.2 Å². The number of nitrogens with one attached hydrogen (secondary N) is 1. The van der Waals surface area contributed by atoms with Gasteiger partial charge in [-0.15, -0.1) is 0 Å². The Hall–Kier alpha value is -1.03. The van der Waals surface area contributed by atoms with Crippen LogP contribution >= 0.6 is 15.9 Å². The predicted octanol–water partition coefficient (Wildman–Crippen LogP) is 2.45. The standard InChI is InChI=1S/C12H17BrN2O5S/c1-4-20-12(2,3)8-14-21(18,19)11-7-9(13)5-6-10(11)15(16)17/h5-7,14H,4,8H2,1-3H3. The molecule has 0 spiro atoms. The lowest BCUT2D eigenvalue weighted by Crippen LogP contribution is -2.40. The van der Waals surface area contributed by atoms with Crippen molar-refractivity contribution in [3.8, 4) is 0 Å². The van der Waals surface area contributed by atoms with E-state index in [1.807, 2.05) is 0 Å². The highest BCUT2D eigenvalue weighted by molar-refractivity contribution is 9.10. The van der Waals surface area contributed by atoms with Gasteiger partial charge < -0.3 is 4.74 Å². The van der Waals surface area contributed by atoms with Crippen LogP contribution in [-0.4, -0.2) is 32.1 Å². The van der Waals surface area contributed by atoms with E-state index in [4.69, 9.17) is 4.74 Å². The zero-order valence-corrected chi connectivity index (χ0v) is 14.3. The third-order valence-corrected chi connectivity index (χ3v) is 4.55. The molecule has 0 unspecified atom stereocenters. The predicted molar refractivity (Wildman–Crippen MR) is 81.7 cm³/mol. The van der Waals surface area contributed by atoms with Crippen LogP contribution in [0.25, 0.3) is 0 Å². The third-order valence-electron chi connectivity index (χ3n) is 2.63. The molecule has 0 aliphatic heterocycles. The lowest BCUT2D eigenvalue weighted by molar-refractivity contribution is -0.387. The molecule has 1 aromatic rings. The van der Waals surface area contributed by atoms with Gasteiger partial charge in [0, 0.05) is 23.7 Å². The minimum Gasteiger partial charge on any atom is -0.375 e. The third kappa shape index (κ3) is 5.03. The molecule has 118 valence electrons. The summed E-state index contributed by atoms with van der Waals surface area (Å²) in [6.07, 6.45) is 0. The van der Waals surface area contributed by atoms with Crippen molar-refractivity contribution >= 4 is 31.6 Å². The SMILES string of the molecule is CCOC(C)(C)CNS(=O)(=O)c1cc(Br)ccc1[N+](=O)[O-]. The molecule has 0 radical (unpaired) electrons. The Morgan fingerprint density at radius 3 is 2.57 bits per heavy atom. The Labute approximate surface area is 132 Å². The van der Waals surface area contributed by atoms with Gasteiger partial charge in [-0.25, -0.2) is 13.1 Å². The molecule has 7 nitrogen and oxygen atoms in total. The van der Waals surface area contributed by atoms with Crippen molar-refractivity contribution in [2.75, 3.05) is 13.2 Å². The van der Waals surface area contributed by atoms with Crippen molar-refractivity contribution < 1.29 is 18.1 Å². The van der Waals surface area contributed by atoms with Gasteiger partial charge >= 0.3 is 0 Å². The first kappa shape index (κ1) is 18.0. The normalized spacial score (nSPS) is 12.4. The summed E-state index contributed by atoms with van der Waals surface area (Å²) in [4.78, 5) is 9.85. The Kier molecular flexibility index (Phi) is 5.85. The number of sulfonamides is 1. The van der Waals surface area contributed by atoms with Crippen LogP contribution in [0.1, 0.15) is 20.8 Å². The molecule has 1 rings (SSSR count). The molecule has 0 aliphatic rings. The summed E-state index contributed by atoms with van der Waals surface area (Å²) in [5.41, 5.74) is -1.18. The second-order valence-electron chi connectivity index (χ2n) is 4.89. The molecule has 1 aromatic carbocycles. The van der Waals surface area contributed by atoms with E-state index in [2.05, 4.69) is 20.7 Å². The number of nitrogens with zero attached hydrogens (tertiary/aromatic N) is 1. The summed E-state index contributed by atoms with van der Waals surface area (Å²) in [6.45, 7) is 5.71. The number of hydrogen-bond donors (Lipinski definition) is 1. The van der Waals surface area contributed by atoms with Gasteiger partial charge in [-0.1, -0.05) is 15.9 Å². The zero-order valence-electron chi connectivity index (χ0n) is 11.9. The van der Waals surface area contributed by atoms with Gasteiger partial charge in [0.2, 0.25) is 10.0 Å². The molecule has 0 saturated heterocycles. The molecule has 21 heavy (non-hydrogen) atoms. The van der Waals surface area contributed by atoms with E-state index in [1.54, 1.807) is 20.8 Å². The topological polar surface area (TPSA) is 98.5 Å². The van der Waals surface area contributed by atoms with Crippen LogP contribution in [-0.2, 0) is 14.8 Å². The minimum atomic E-state index is -4.01. The molecule has 9 heteroatoms. The first-order chi connectivity index (χ1) is 9.59. The summed E-state index contributed by atoms with van der Waals surface area (Å²) in [6, 6.07) is 3.77. The van der Waals surface area contributed by atoms with Crippen LogP contribution in [0.15, 0.2) is 27.6 Å². The molecule has 0 fully saturated rings. The Balaban J connectivity index is 3.09. The number of nitro groups is 1. The molecule has 0 heterocycles. The van der Waals surface area contributed by atoms with Gasteiger partial charge in [-0.3, -0.25) is 10.1 Å². The van der Waals surface area contributed by atoms with Crippen LogP contribution in [0.2, 0.25) is 0 Å². The maximum absolute atomic E-state index is 12.3. The summed E-state index contributed by atoms with van der Waals surface area (Å²) in [5, 5.41) is 11.0. The number of ether oxygens (including phenoxy) is 1. The number of hydrogen-bond acceptors (Lipinski definition) is 5. The van der Waals surface area contributed by atoms with E-state index in [-0.39, 0.29) is 11.4 Å². The van der Waals surface area contributed by atoms with Crippen molar-refractivity contribution in [1.29, 1.82) is 0 Å². The minimum absolute atomic E-state index is 0.00679. The van der Waals surface area contributed by atoms with Crippen molar-refractivity contribution in [1.82, 2.24) is 4.72 Å². The van der Waals surface area contributed by atoms with Gasteiger partial charge in [0.25, 0.3) is 5.69 Å². The van der Waals surface area contributed by atoms with E-state index in [0.29, 0.717) is 11.1 Å². The van der Waals surface area contributed by atoms with E-state index in [0.717, 1.165) is 6.07 Å². The molecule has 0 aromatic heterocycles. The van der Waals surface area contributed by atoms with E-state index in [1.165, 1.54) is 12.1 Å². The fourth-order valence-corrected chi connectivity index (χ4v) is 3.55. The molecule has 0 amide bonds. The highest BCUT2D eigenvalue weighted by atomic mass is 79.9. The fourth-order valence-electron chi connectivity index (χ4n) is 1.64. The van der Waals surface area contributed by atoms with E-state index in [9.17, 15) is 18.5 Å². The van der Waals surface area contributed by atoms with Crippen LogP contribution in [0.4, 0.5) is 5.69 Å². The first-order valence-corrected chi connectivity index (χ1v) is 8.44. The highest BCUT2D eigenvalue weighted by Crippen LogP contribution is 2.27. The summed E-state index contributed by atoms with van der Waals surface area (Å²) in [7, 11) is -4.01. The van der Waals surface area contributed by atoms with Crippen molar-refractivity contribution in [2.24, 2.45) is 0 Å². The largest absolute Gasteiger partial charge is 0.375 e. The van der Waals surface area contributed by atoms with Gasteiger partial charge in [0.1, 0.15) is 0 Å². The summed E-state index contributed by atoms with van der Waals surface area (Å²) in [5.74, 6) is 0. The Morgan fingerprint density at radius 1 is 1.43 bits per heavy atom. The zero-order chi connectivity index (χ0) is 16.3. The smallest absolute Gasteiger partial charge is 0.289 e. The second kappa shape index (κ2) is 6.82. The Morgan fingerprint density at radius 2 is 2.05 bits per heavy atom. The van der Waals surface area contributed by atoms with Crippen molar-refractivity contribution in [2.45, 2.75) is 31.3 Å². The van der Waals surface area contributed by atoms with Gasteiger partial charge in [-0.05, 0) is 32.9 Å². The quantitative estimate of drug-likeness (QED) is 0.578. The van der Waals surface area contributed by atoms with Crippen molar-refractivity contribution in [3.05, 3.63) is 32.8 Å². The van der Waals surface area contributed by atoms with Crippen LogP contribution in [0, 0.1) is 10.1 Å². The molecule has 1 N–H and O–H groups in total. The first-order valence-electron chi connectivity index (χ1n) is 6.16. The van der Waals surface area contributed by atoms with Crippen molar-refractivity contribution in [3.63, 3.8) is 0 Å². The lowest BCUT2D eigenvalue weighted by Gasteiger charge is -2.24. The number of benzene rings is 1. The monoisotopic (exact) mass is 380 g/mol. The lowest BCUT2D eigenvalue weighted by atomic mass is 10.1. The maximum atomic E-state index is 12.3. The molecule has 0 saturated carbocycles. The van der Waals surface area contributed by atoms with Crippen LogP contribution < -0.4 is 4.72 Å². The highest BCUT2D eigenvalue weighted by Gasteiger charge is 2.28. The summed E-state index contributed by atoms with van der Waals surface area (Å²) >= 11 is 3.11.